The molecule has 0 aliphatic carbocycles. The summed E-state index contributed by atoms with van der Waals surface area (Å²) in [5, 5.41) is 4.98. The van der Waals surface area contributed by atoms with Crippen molar-refractivity contribution in [3.8, 4) is 11.5 Å². The first-order chi connectivity index (χ1) is 13.2. The van der Waals surface area contributed by atoms with Gasteiger partial charge in [-0.2, -0.15) is 5.10 Å². The van der Waals surface area contributed by atoms with Crippen LogP contribution in [0.3, 0.4) is 0 Å². The fourth-order valence-corrected chi connectivity index (χ4v) is 2.62. The number of nitrogens with one attached hydrogen (secondary N) is 1. The summed E-state index contributed by atoms with van der Waals surface area (Å²) in [7, 11) is 1.67. The van der Waals surface area contributed by atoms with E-state index in [0.29, 0.717) is 13.2 Å². The quantitative estimate of drug-likeness (QED) is 0.439. The summed E-state index contributed by atoms with van der Waals surface area (Å²) < 4.78 is 11.1. The van der Waals surface area contributed by atoms with E-state index >= 15 is 0 Å². The van der Waals surface area contributed by atoms with Crippen LogP contribution in [0.15, 0.2) is 77.9 Å². The topological polar surface area (TPSA) is 42.8 Å². The number of methoxy groups -OCH3 is 1. The summed E-state index contributed by atoms with van der Waals surface area (Å²) in [6, 6.07) is 23.3. The van der Waals surface area contributed by atoms with Crippen LogP contribution in [-0.2, 0) is 13.2 Å². The summed E-state index contributed by atoms with van der Waals surface area (Å²) in [4.78, 5) is 0. The van der Waals surface area contributed by atoms with Crippen molar-refractivity contribution in [2.75, 3.05) is 7.11 Å². The van der Waals surface area contributed by atoms with Crippen LogP contribution in [0.2, 0.25) is 5.02 Å². The Hall–Kier alpha value is -2.98. The fourth-order valence-electron chi connectivity index (χ4n) is 2.50. The van der Waals surface area contributed by atoms with Crippen LogP contribution in [-0.4, -0.2) is 13.3 Å². The van der Waals surface area contributed by atoms with Gasteiger partial charge < -0.3 is 14.9 Å². The zero-order valence-corrected chi connectivity index (χ0v) is 15.8. The predicted octanol–water partition coefficient (Wildman–Crippen LogP) is 5.05. The molecule has 3 aromatic carbocycles. The number of hydrazone groups is 1. The Balaban J connectivity index is 1.48. The lowest BCUT2D eigenvalue weighted by atomic mass is 10.2. The number of nitrogens with zero attached hydrogens (tertiary/aromatic N) is 1. The molecule has 0 atom stereocenters. The molecule has 0 saturated carbocycles. The third-order valence-electron chi connectivity index (χ3n) is 3.97. The predicted molar refractivity (Wildman–Crippen MR) is 110 cm³/mol. The van der Waals surface area contributed by atoms with Crippen molar-refractivity contribution in [3.05, 3.63) is 94.5 Å². The van der Waals surface area contributed by atoms with E-state index in [1.165, 1.54) is 0 Å². The van der Waals surface area contributed by atoms with Crippen molar-refractivity contribution in [2.45, 2.75) is 13.2 Å². The van der Waals surface area contributed by atoms with E-state index in [9.17, 15) is 0 Å². The van der Waals surface area contributed by atoms with Crippen LogP contribution in [0, 0.1) is 0 Å². The number of rotatable bonds is 8. The smallest absolute Gasteiger partial charge is 0.123 e. The zero-order valence-electron chi connectivity index (χ0n) is 15.1. The average molecular weight is 381 g/mol. The Morgan fingerprint density at radius 2 is 1.70 bits per heavy atom. The number of hydrogen-bond acceptors (Lipinski definition) is 4. The minimum atomic E-state index is 0.505. The monoisotopic (exact) mass is 380 g/mol. The lowest BCUT2D eigenvalue weighted by Gasteiger charge is -2.07. The molecule has 0 heterocycles. The molecule has 0 saturated heterocycles. The summed E-state index contributed by atoms with van der Waals surface area (Å²) in [6.07, 6.45) is 1.78. The molecule has 3 rings (SSSR count). The summed E-state index contributed by atoms with van der Waals surface area (Å²) in [6.45, 7) is 1.11. The fraction of sp³-hybridized carbons (Fsp3) is 0.136. The first-order valence-electron chi connectivity index (χ1n) is 8.60. The van der Waals surface area contributed by atoms with Crippen LogP contribution in [0.4, 0.5) is 0 Å². The molecule has 1 N–H and O–H groups in total. The maximum absolute atomic E-state index is 5.88. The maximum Gasteiger partial charge on any atom is 0.123 e. The highest BCUT2D eigenvalue weighted by Crippen LogP contribution is 2.17. The number of hydrogen-bond donors (Lipinski definition) is 1. The van der Waals surface area contributed by atoms with Crippen LogP contribution in [0.25, 0.3) is 0 Å². The highest BCUT2D eigenvalue weighted by molar-refractivity contribution is 6.30. The molecule has 0 bridgehead atoms. The van der Waals surface area contributed by atoms with Gasteiger partial charge in [-0.1, -0.05) is 41.9 Å². The summed E-state index contributed by atoms with van der Waals surface area (Å²) >= 11 is 5.88. The molecule has 0 radical (unpaired) electrons. The molecule has 27 heavy (non-hydrogen) atoms. The van der Waals surface area contributed by atoms with Gasteiger partial charge in [-0.3, -0.25) is 0 Å². The molecule has 0 spiro atoms. The Morgan fingerprint density at radius 1 is 0.963 bits per heavy atom. The SMILES string of the molecule is COc1ccccc1CN/N=C\c1ccc(OCc2ccc(Cl)cc2)cc1. The highest BCUT2D eigenvalue weighted by Gasteiger charge is 2.00. The van der Waals surface area contributed by atoms with Crippen LogP contribution < -0.4 is 14.9 Å². The van der Waals surface area contributed by atoms with E-state index in [0.717, 1.165) is 33.2 Å². The van der Waals surface area contributed by atoms with Gasteiger partial charge in [0.05, 0.1) is 19.9 Å². The molecule has 0 fully saturated rings. The van der Waals surface area contributed by atoms with Gasteiger partial charge >= 0.3 is 0 Å². The second-order valence-electron chi connectivity index (χ2n) is 5.89. The zero-order chi connectivity index (χ0) is 18.9. The standard InChI is InChI=1S/C22H21ClN2O2/c1-26-22-5-3-2-4-19(22)15-25-24-14-17-8-12-21(13-9-17)27-16-18-6-10-20(23)11-7-18/h2-14,25H,15-16H2,1H3/b24-14-. The Kier molecular flexibility index (Phi) is 6.72. The first kappa shape index (κ1) is 18.8. The van der Waals surface area contributed by atoms with Crippen molar-refractivity contribution in [2.24, 2.45) is 5.10 Å². The lowest BCUT2D eigenvalue weighted by Crippen LogP contribution is -2.06. The summed E-state index contributed by atoms with van der Waals surface area (Å²) in [5.41, 5.74) is 6.16. The van der Waals surface area contributed by atoms with E-state index in [1.807, 2.05) is 72.8 Å². The van der Waals surface area contributed by atoms with Crippen molar-refractivity contribution >= 4 is 17.8 Å². The second-order valence-corrected chi connectivity index (χ2v) is 6.33. The van der Waals surface area contributed by atoms with Gasteiger partial charge in [-0.05, 0) is 53.6 Å². The molecule has 4 nitrogen and oxygen atoms in total. The van der Waals surface area contributed by atoms with Crippen molar-refractivity contribution in [1.82, 2.24) is 5.43 Å². The van der Waals surface area contributed by atoms with Crippen molar-refractivity contribution in [1.29, 1.82) is 0 Å². The van der Waals surface area contributed by atoms with Crippen LogP contribution >= 0.6 is 11.6 Å². The van der Waals surface area contributed by atoms with E-state index < -0.39 is 0 Å². The molecule has 5 heteroatoms. The first-order valence-corrected chi connectivity index (χ1v) is 8.97. The molecule has 0 amide bonds. The molecule has 3 aromatic rings. The number of ether oxygens (including phenoxy) is 2. The molecular formula is C22H21ClN2O2. The van der Waals surface area contributed by atoms with Gasteiger partial charge in [0.1, 0.15) is 18.1 Å². The van der Waals surface area contributed by atoms with Crippen molar-refractivity contribution in [3.63, 3.8) is 0 Å². The largest absolute Gasteiger partial charge is 0.496 e. The molecule has 0 aromatic heterocycles. The summed E-state index contributed by atoms with van der Waals surface area (Å²) in [5.74, 6) is 1.66. The van der Waals surface area contributed by atoms with Gasteiger partial charge in [-0.25, -0.2) is 0 Å². The van der Waals surface area contributed by atoms with Crippen molar-refractivity contribution < 1.29 is 9.47 Å². The molecule has 0 aliphatic rings. The normalized spacial score (nSPS) is 10.7. The van der Waals surface area contributed by atoms with Gasteiger partial charge in [0, 0.05) is 10.6 Å². The van der Waals surface area contributed by atoms with Gasteiger partial charge in [-0.15, -0.1) is 0 Å². The molecule has 138 valence electrons. The minimum Gasteiger partial charge on any atom is -0.496 e. The number of benzene rings is 3. The molecule has 0 aliphatic heterocycles. The second kappa shape index (κ2) is 9.64. The van der Waals surface area contributed by atoms with Gasteiger partial charge in [0.2, 0.25) is 0 Å². The number of halogens is 1. The molecular weight excluding hydrogens is 360 g/mol. The van der Waals surface area contributed by atoms with Gasteiger partial charge in [0.15, 0.2) is 0 Å². The highest BCUT2D eigenvalue weighted by atomic mass is 35.5. The van der Waals surface area contributed by atoms with E-state index in [4.69, 9.17) is 21.1 Å². The Labute approximate surface area is 164 Å². The van der Waals surface area contributed by atoms with E-state index in [1.54, 1.807) is 13.3 Å². The van der Waals surface area contributed by atoms with E-state index in [2.05, 4.69) is 10.5 Å². The van der Waals surface area contributed by atoms with Crippen LogP contribution in [0.5, 0.6) is 11.5 Å². The number of para-hydroxylation sites is 1. The Morgan fingerprint density at radius 3 is 2.44 bits per heavy atom. The average Bonchev–Trinajstić information content (AvgIpc) is 2.72. The Bertz CT molecular complexity index is 878. The molecule has 0 unspecified atom stereocenters. The van der Waals surface area contributed by atoms with E-state index in [-0.39, 0.29) is 0 Å². The lowest BCUT2D eigenvalue weighted by molar-refractivity contribution is 0.306. The van der Waals surface area contributed by atoms with Gasteiger partial charge in [0.25, 0.3) is 0 Å². The third kappa shape index (κ3) is 5.76. The minimum absolute atomic E-state index is 0.505. The maximum atomic E-state index is 5.88. The third-order valence-corrected chi connectivity index (χ3v) is 4.22. The van der Waals surface area contributed by atoms with Crippen LogP contribution in [0.1, 0.15) is 16.7 Å².